The highest BCUT2D eigenvalue weighted by molar-refractivity contribution is 6.32. The second kappa shape index (κ2) is 5.17. The molecule has 1 aromatic carbocycles. The summed E-state index contributed by atoms with van der Waals surface area (Å²) in [6.45, 7) is 2.26. The van der Waals surface area contributed by atoms with Crippen LogP contribution in [0.2, 0.25) is 5.02 Å². The molecule has 0 aliphatic carbocycles. The molecule has 1 unspecified atom stereocenters. The Labute approximate surface area is 87.3 Å². The molecule has 0 radical (unpaired) electrons. The predicted octanol–water partition coefficient (Wildman–Crippen LogP) is 2.49. The Bertz CT molecular complexity index is 304. The first-order valence-corrected chi connectivity index (χ1v) is 4.70. The Balaban J connectivity index is 2.59. The number of hydrogen-bond acceptors (Lipinski definition) is 2. The van der Waals surface area contributed by atoms with E-state index in [1.54, 1.807) is 0 Å². The lowest BCUT2D eigenvalue weighted by Gasteiger charge is -2.11. The van der Waals surface area contributed by atoms with Gasteiger partial charge in [-0.3, -0.25) is 0 Å². The summed E-state index contributed by atoms with van der Waals surface area (Å²) in [6.07, 6.45) is 0. The van der Waals surface area contributed by atoms with Gasteiger partial charge >= 0.3 is 0 Å². The summed E-state index contributed by atoms with van der Waals surface area (Å²) in [5, 5.41) is 9.00. The van der Waals surface area contributed by atoms with E-state index in [-0.39, 0.29) is 17.5 Å². The van der Waals surface area contributed by atoms with Crippen LogP contribution in [0.1, 0.15) is 6.92 Å². The van der Waals surface area contributed by atoms with Gasteiger partial charge in [0.1, 0.15) is 11.6 Å². The molecule has 0 spiro atoms. The maximum Gasteiger partial charge on any atom is 0.138 e. The monoisotopic (exact) mass is 218 g/mol. The Morgan fingerprint density at radius 1 is 1.57 bits per heavy atom. The topological polar surface area (TPSA) is 29.5 Å². The lowest BCUT2D eigenvalue weighted by molar-refractivity contribution is 0.174. The summed E-state index contributed by atoms with van der Waals surface area (Å²) in [4.78, 5) is 0. The van der Waals surface area contributed by atoms with Crippen molar-refractivity contribution in [3.8, 4) is 5.75 Å². The van der Waals surface area contributed by atoms with Crippen LogP contribution in [0.3, 0.4) is 0 Å². The third-order valence-electron chi connectivity index (χ3n) is 1.73. The summed E-state index contributed by atoms with van der Waals surface area (Å²) in [6, 6.07) is 3.95. The van der Waals surface area contributed by atoms with Crippen LogP contribution in [0.25, 0.3) is 0 Å². The fourth-order valence-electron chi connectivity index (χ4n) is 0.877. The molecular weight excluding hydrogens is 207 g/mol. The average molecular weight is 219 g/mol. The molecule has 1 N–H and O–H groups in total. The minimum absolute atomic E-state index is 0.0381. The fourth-order valence-corrected chi connectivity index (χ4v) is 1.10. The Hall–Kier alpha value is -0.800. The summed E-state index contributed by atoms with van der Waals surface area (Å²) >= 11 is 5.73. The molecule has 14 heavy (non-hydrogen) atoms. The van der Waals surface area contributed by atoms with Crippen molar-refractivity contribution in [2.45, 2.75) is 6.92 Å². The quantitative estimate of drug-likeness (QED) is 0.842. The van der Waals surface area contributed by atoms with Crippen LogP contribution < -0.4 is 4.74 Å². The molecule has 1 rings (SSSR count). The normalized spacial score (nSPS) is 12.6. The van der Waals surface area contributed by atoms with Crippen LogP contribution >= 0.6 is 11.6 Å². The fraction of sp³-hybridized carbons (Fsp3) is 0.400. The van der Waals surface area contributed by atoms with Gasteiger partial charge in [-0.15, -0.1) is 0 Å². The maximum absolute atomic E-state index is 12.6. The molecule has 4 heteroatoms. The molecule has 1 aromatic rings. The Morgan fingerprint density at radius 3 is 2.86 bits per heavy atom. The Morgan fingerprint density at radius 2 is 2.29 bits per heavy atom. The summed E-state index contributed by atoms with van der Waals surface area (Å²) in [7, 11) is 0. The minimum Gasteiger partial charge on any atom is -0.492 e. The molecular formula is C10H12ClFO2. The van der Waals surface area contributed by atoms with Gasteiger partial charge in [-0.25, -0.2) is 4.39 Å². The van der Waals surface area contributed by atoms with Crippen LogP contribution in [0.4, 0.5) is 4.39 Å². The highest BCUT2D eigenvalue weighted by atomic mass is 35.5. The van der Waals surface area contributed by atoms with Crippen molar-refractivity contribution in [3.63, 3.8) is 0 Å². The van der Waals surface area contributed by atoms with Crippen LogP contribution in [0.15, 0.2) is 18.2 Å². The smallest absolute Gasteiger partial charge is 0.138 e. The van der Waals surface area contributed by atoms with E-state index in [1.165, 1.54) is 18.2 Å². The van der Waals surface area contributed by atoms with E-state index in [0.717, 1.165) is 0 Å². The van der Waals surface area contributed by atoms with E-state index in [2.05, 4.69) is 0 Å². The van der Waals surface area contributed by atoms with Gasteiger partial charge in [0.05, 0.1) is 11.6 Å². The number of hydrogen-bond donors (Lipinski definition) is 1. The number of aliphatic hydroxyl groups excluding tert-OH is 1. The number of ether oxygens (including phenoxy) is 1. The van der Waals surface area contributed by atoms with Crippen molar-refractivity contribution in [2.24, 2.45) is 5.92 Å². The molecule has 0 aromatic heterocycles. The SMILES string of the molecule is CC(CO)COc1ccc(F)cc1Cl. The number of rotatable bonds is 4. The second-order valence-electron chi connectivity index (χ2n) is 3.17. The third-order valence-corrected chi connectivity index (χ3v) is 2.02. The first-order valence-electron chi connectivity index (χ1n) is 4.32. The van der Waals surface area contributed by atoms with Gasteiger partial charge in [0.15, 0.2) is 0 Å². The highest BCUT2D eigenvalue weighted by Gasteiger charge is 2.05. The van der Waals surface area contributed by atoms with E-state index in [0.29, 0.717) is 12.4 Å². The second-order valence-corrected chi connectivity index (χ2v) is 3.58. The van der Waals surface area contributed by atoms with Crippen LogP contribution in [-0.4, -0.2) is 18.3 Å². The number of benzene rings is 1. The van der Waals surface area contributed by atoms with Crippen molar-refractivity contribution in [1.82, 2.24) is 0 Å². The molecule has 0 saturated carbocycles. The van der Waals surface area contributed by atoms with Crippen molar-refractivity contribution in [1.29, 1.82) is 0 Å². The standard InChI is InChI=1S/C10H12ClFO2/c1-7(5-13)6-14-10-3-2-8(12)4-9(10)11/h2-4,7,13H,5-6H2,1H3. The zero-order valence-electron chi connectivity index (χ0n) is 7.84. The zero-order valence-corrected chi connectivity index (χ0v) is 8.59. The predicted molar refractivity (Wildman–Crippen MR) is 53.2 cm³/mol. The van der Waals surface area contributed by atoms with Gasteiger partial charge in [0.25, 0.3) is 0 Å². The van der Waals surface area contributed by atoms with Crippen LogP contribution in [0, 0.1) is 11.7 Å². The summed E-state index contributed by atoms with van der Waals surface area (Å²) < 4.78 is 17.9. The molecule has 0 aliphatic heterocycles. The van der Waals surface area contributed by atoms with Gasteiger partial charge in [-0.1, -0.05) is 18.5 Å². The molecule has 1 atom stereocenters. The molecule has 2 nitrogen and oxygen atoms in total. The van der Waals surface area contributed by atoms with Crippen LogP contribution in [0.5, 0.6) is 5.75 Å². The summed E-state index contributed by atoms with van der Waals surface area (Å²) in [5.41, 5.74) is 0. The first-order chi connectivity index (χ1) is 6.63. The third kappa shape index (κ3) is 3.16. The maximum atomic E-state index is 12.6. The van der Waals surface area contributed by atoms with Gasteiger partial charge in [0.2, 0.25) is 0 Å². The lowest BCUT2D eigenvalue weighted by atomic mass is 10.2. The highest BCUT2D eigenvalue weighted by Crippen LogP contribution is 2.25. The molecule has 0 saturated heterocycles. The number of halogens is 2. The van der Waals surface area contributed by atoms with Crippen molar-refractivity contribution < 1.29 is 14.2 Å². The molecule has 0 fully saturated rings. The number of aliphatic hydroxyl groups is 1. The van der Waals surface area contributed by atoms with E-state index in [4.69, 9.17) is 21.4 Å². The molecule has 78 valence electrons. The van der Waals surface area contributed by atoms with E-state index in [9.17, 15) is 4.39 Å². The first kappa shape index (κ1) is 11.3. The summed E-state index contributed by atoms with van der Waals surface area (Å²) in [5.74, 6) is 0.0852. The van der Waals surface area contributed by atoms with Crippen molar-refractivity contribution in [3.05, 3.63) is 29.0 Å². The van der Waals surface area contributed by atoms with Gasteiger partial charge in [-0.2, -0.15) is 0 Å². The Kier molecular flexibility index (Phi) is 4.17. The van der Waals surface area contributed by atoms with Crippen molar-refractivity contribution in [2.75, 3.05) is 13.2 Å². The van der Waals surface area contributed by atoms with Crippen molar-refractivity contribution >= 4 is 11.6 Å². The largest absolute Gasteiger partial charge is 0.492 e. The zero-order chi connectivity index (χ0) is 10.6. The molecule has 0 heterocycles. The molecule has 0 amide bonds. The van der Waals surface area contributed by atoms with E-state index < -0.39 is 5.82 Å². The molecule has 0 aliphatic rings. The molecule has 0 bridgehead atoms. The van der Waals surface area contributed by atoms with Gasteiger partial charge in [-0.05, 0) is 18.2 Å². The van der Waals surface area contributed by atoms with E-state index >= 15 is 0 Å². The minimum atomic E-state index is -0.391. The van der Waals surface area contributed by atoms with E-state index in [1.807, 2.05) is 6.92 Å². The van der Waals surface area contributed by atoms with Crippen LogP contribution in [-0.2, 0) is 0 Å². The van der Waals surface area contributed by atoms with Gasteiger partial charge in [0, 0.05) is 12.5 Å². The lowest BCUT2D eigenvalue weighted by Crippen LogP contribution is -2.12. The van der Waals surface area contributed by atoms with Gasteiger partial charge < -0.3 is 9.84 Å². The average Bonchev–Trinajstić information content (AvgIpc) is 2.16.